The smallest absolute Gasteiger partial charge is 0.221 e. The minimum atomic E-state index is 0.443. The van der Waals surface area contributed by atoms with Crippen molar-refractivity contribution in [1.29, 1.82) is 0 Å². The molecule has 0 aliphatic heterocycles. The fraction of sp³-hybridized carbons (Fsp3) is 0. The average Bonchev–Trinajstić information content (AvgIpc) is 2.31. The summed E-state index contributed by atoms with van der Waals surface area (Å²) < 4.78 is 5.50. The molecule has 1 N–H and O–H groups in total. The lowest BCUT2D eigenvalue weighted by molar-refractivity contribution is -0.105. The van der Waals surface area contributed by atoms with Crippen molar-refractivity contribution in [3.05, 3.63) is 48.5 Å². The van der Waals surface area contributed by atoms with Crippen LogP contribution in [0.15, 0.2) is 48.5 Å². The van der Waals surface area contributed by atoms with E-state index in [0.29, 0.717) is 23.9 Å². The van der Waals surface area contributed by atoms with Crippen LogP contribution in [0.25, 0.3) is 0 Å². The van der Waals surface area contributed by atoms with Crippen LogP contribution in [0.3, 0.4) is 0 Å². The zero-order valence-corrected chi connectivity index (χ0v) is 8.46. The molecule has 0 saturated heterocycles. The molecular formula is C12H10N2O2. The van der Waals surface area contributed by atoms with Crippen LogP contribution in [-0.4, -0.2) is 11.4 Å². The third-order valence-electron chi connectivity index (χ3n) is 1.90. The van der Waals surface area contributed by atoms with Gasteiger partial charge in [-0.05, 0) is 18.2 Å². The van der Waals surface area contributed by atoms with Crippen molar-refractivity contribution in [2.75, 3.05) is 5.32 Å². The molecule has 0 bridgehead atoms. The van der Waals surface area contributed by atoms with Crippen LogP contribution in [0, 0.1) is 0 Å². The Hall–Kier alpha value is -2.36. The van der Waals surface area contributed by atoms with Gasteiger partial charge >= 0.3 is 0 Å². The third-order valence-corrected chi connectivity index (χ3v) is 1.90. The number of hydrogen-bond acceptors (Lipinski definition) is 3. The monoisotopic (exact) mass is 214 g/mol. The molecule has 2 aromatic rings. The van der Waals surface area contributed by atoms with Gasteiger partial charge in [0.25, 0.3) is 0 Å². The van der Waals surface area contributed by atoms with Crippen LogP contribution >= 0.6 is 0 Å². The zero-order chi connectivity index (χ0) is 11.2. The Morgan fingerprint density at radius 3 is 2.62 bits per heavy atom. The van der Waals surface area contributed by atoms with Gasteiger partial charge in [-0.25, -0.2) is 0 Å². The number of anilines is 1. The molecule has 4 heteroatoms. The predicted molar refractivity (Wildman–Crippen MR) is 60.4 cm³/mol. The lowest BCUT2D eigenvalue weighted by Gasteiger charge is -2.05. The van der Waals surface area contributed by atoms with Crippen molar-refractivity contribution >= 4 is 12.2 Å². The summed E-state index contributed by atoms with van der Waals surface area (Å²) in [4.78, 5) is 14.3. The van der Waals surface area contributed by atoms with Crippen LogP contribution in [0.5, 0.6) is 11.6 Å². The first-order valence-electron chi connectivity index (χ1n) is 4.78. The van der Waals surface area contributed by atoms with Crippen molar-refractivity contribution in [3.8, 4) is 11.6 Å². The van der Waals surface area contributed by atoms with Gasteiger partial charge in [0, 0.05) is 6.07 Å². The Balaban J connectivity index is 2.15. The number of hydrogen-bond donors (Lipinski definition) is 1. The third kappa shape index (κ3) is 2.57. The second-order valence-electron chi connectivity index (χ2n) is 3.04. The number of aromatic nitrogens is 1. The summed E-state index contributed by atoms with van der Waals surface area (Å²) in [5.41, 5.74) is 0. The van der Waals surface area contributed by atoms with E-state index in [2.05, 4.69) is 10.3 Å². The molecule has 80 valence electrons. The number of para-hydroxylation sites is 1. The number of carbonyl (C=O) groups excluding carboxylic acids is 1. The van der Waals surface area contributed by atoms with E-state index in [0.717, 1.165) is 0 Å². The lowest BCUT2D eigenvalue weighted by atomic mass is 10.3. The molecule has 2 rings (SSSR count). The van der Waals surface area contributed by atoms with E-state index in [9.17, 15) is 4.79 Å². The van der Waals surface area contributed by atoms with E-state index < -0.39 is 0 Å². The highest BCUT2D eigenvalue weighted by Crippen LogP contribution is 2.19. The van der Waals surface area contributed by atoms with Crippen molar-refractivity contribution in [3.63, 3.8) is 0 Å². The van der Waals surface area contributed by atoms with Gasteiger partial charge in [0.05, 0.1) is 0 Å². The van der Waals surface area contributed by atoms with Crippen LogP contribution in [0.2, 0.25) is 0 Å². The molecule has 0 aliphatic rings. The molecular weight excluding hydrogens is 204 g/mol. The number of nitrogens with one attached hydrogen (secondary N) is 1. The van der Waals surface area contributed by atoms with Gasteiger partial charge in [-0.3, -0.25) is 4.79 Å². The maximum absolute atomic E-state index is 10.3. The first kappa shape index (κ1) is 10.2. The molecule has 1 aromatic carbocycles. The van der Waals surface area contributed by atoms with E-state index >= 15 is 0 Å². The van der Waals surface area contributed by atoms with Crippen LogP contribution in [0.4, 0.5) is 5.82 Å². The molecule has 0 fully saturated rings. The van der Waals surface area contributed by atoms with Crippen molar-refractivity contribution < 1.29 is 9.53 Å². The topological polar surface area (TPSA) is 51.2 Å². The Bertz CT molecular complexity index is 471. The van der Waals surface area contributed by atoms with Gasteiger partial charge in [-0.15, -0.1) is 0 Å². The average molecular weight is 214 g/mol. The Morgan fingerprint density at radius 1 is 1.06 bits per heavy atom. The molecule has 0 unspecified atom stereocenters. The van der Waals surface area contributed by atoms with E-state index in [1.807, 2.05) is 30.3 Å². The quantitative estimate of drug-likeness (QED) is 0.795. The second-order valence-corrected chi connectivity index (χ2v) is 3.04. The number of ether oxygens (including phenoxy) is 1. The standard InChI is InChI=1S/C12H10N2O2/c15-9-13-11-7-4-8-12(14-11)16-10-5-2-1-3-6-10/h1-9H,(H,13,14,15). The SMILES string of the molecule is O=CNc1cccc(Oc2ccccc2)n1. The lowest BCUT2D eigenvalue weighted by Crippen LogP contribution is -1.97. The Kier molecular flexibility index (Phi) is 3.13. The fourth-order valence-corrected chi connectivity index (χ4v) is 1.22. The number of pyridine rings is 1. The summed E-state index contributed by atoms with van der Waals surface area (Å²) in [5, 5.41) is 2.46. The highest BCUT2D eigenvalue weighted by molar-refractivity contribution is 5.68. The summed E-state index contributed by atoms with van der Waals surface area (Å²) in [6.07, 6.45) is 0.578. The number of amides is 1. The van der Waals surface area contributed by atoms with E-state index in [-0.39, 0.29) is 0 Å². The van der Waals surface area contributed by atoms with Crippen molar-refractivity contribution in [2.24, 2.45) is 0 Å². The molecule has 0 radical (unpaired) electrons. The van der Waals surface area contributed by atoms with Crippen LogP contribution in [-0.2, 0) is 4.79 Å². The molecule has 16 heavy (non-hydrogen) atoms. The van der Waals surface area contributed by atoms with Gasteiger partial charge in [-0.1, -0.05) is 24.3 Å². The maximum atomic E-state index is 10.3. The maximum Gasteiger partial charge on any atom is 0.221 e. The second kappa shape index (κ2) is 4.93. The van der Waals surface area contributed by atoms with Crippen LogP contribution in [0.1, 0.15) is 0 Å². The largest absolute Gasteiger partial charge is 0.439 e. The Morgan fingerprint density at radius 2 is 1.88 bits per heavy atom. The highest BCUT2D eigenvalue weighted by atomic mass is 16.5. The van der Waals surface area contributed by atoms with E-state index in [1.54, 1.807) is 18.2 Å². The molecule has 1 aromatic heterocycles. The van der Waals surface area contributed by atoms with E-state index in [1.165, 1.54) is 0 Å². The normalized spacial score (nSPS) is 9.50. The van der Waals surface area contributed by atoms with Gasteiger partial charge in [0.2, 0.25) is 12.3 Å². The molecule has 0 saturated carbocycles. The van der Waals surface area contributed by atoms with Crippen molar-refractivity contribution in [1.82, 2.24) is 4.98 Å². The minimum Gasteiger partial charge on any atom is -0.439 e. The van der Waals surface area contributed by atoms with Gasteiger partial charge < -0.3 is 10.1 Å². The highest BCUT2D eigenvalue weighted by Gasteiger charge is 1.99. The fourth-order valence-electron chi connectivity index (χ4n) is 1.22. The number of benzene rings is 1. The summed E-state index contributed by atoms with van der Waals surface area (Å²) in [6.45, 7) is 0. The summed E-state index contributed by atoms with van der Waals surface area (Å²) >= 11 is 0. The number of nitrogens with zero attached hydrogens (tertiary/aromatic N) is 1. The number of rotatable bonds is 4. The molecule has 0 atom stereocenters. The summed E-state index contributed by atoms with van der Waals surface area (Å²) in [7, 11) is 0. The Labute approximate surface area is 92.9 Å². The summed E-state index contributed by atoms with van der Waals surface area (Å²) in [6, 6.07) is 14.5. The first-order valence-corrected chi connectivity index (χ1v) is 4.78. The molecule has 0 aliphatic carbocycles. The summed E-state index contributed by atoms with van der Waals surface area (Å²) in [5.74, 6) is 1.61. The molecule has 0 spiro atoms. The first-order chi connectivity index (χ1) is 7.88. The van der Waals surface area contributed by atoms with E-state index in [4.69, 9.17) is 4.74 Å². The zero-order valence-electron chi connectivity index (χ0n) is 8.46. The minimum absolute atomic E-state index is 0.443. The van der Waals surface area contributed by atoms with Crippen molar-refractivity contribution in [2.45, 2.75) is 0 Å². The molecule has 1 amide bonds. The molecule has 1 heterocycles. The van der Waals surface area contributed by atoms with Crippen LogP contribution < -0.4 is 10.1 Å². The van der Waals surface area contributed by atoms with Gasteiger partial charge in [-0.2, -0.15) is 4.98 Å². The molecule has 4 nitrogen and oxygen atoms in total. The predicted octanol–water partition coefficient (Wildman–Crippen LogP) is 2.44. The van der Waals surface area contributed by atoms with Gasteiger partial charge in [0.1, 0.15) is 11.6 Å². The number of carbonyl (C=O) groups is 1. The van der Waals surface area contributed by atoms with Gasteiger partial charge in [0.15, 0.2) is 0 Å².